The van der Waals surface area contributed by atoms with Crippen LogP contribution in [0.2, 0.25) is 0 Å². The summed E-state index contributed by atoms with van der Waals surface area (Å²) in [6, 6.07) is 10.1. The number of hydrogen-bond donors (Lipinski definition) is 3. The summed E-state index contributed by atoms with van der Waals surface area (Å²) in [6.45, 7) is 3.71. The van der Waals surface area contributed by atoms with Gasteiger partial charge in [-0.25, -0.2) is 8.42 Å². The zero-order valence-corrected chi connectivity index (χ0v) is 16.0. The monoisotopic (exact) mass is 386 g/mol. The number of H-pyrrole nitrogens is 1. The van der Waals surface area contributed by atoms with Gasteiger partial charge in [-0.2, -0.15) is 5.10 Å². The molecule has 142 valence electrons. The molecule has 1 fully saturated rings. The summed E-state index contributed by atoms with van der Waals surface area (Å²) in [5.74, 6) is 0.339. The zero-order chi connectivity index (χ0) is 19.3. The number of benzene rings is 2. The first-order valence-electron chi connectivity index (χ1n) is 8.81. The standard InChI is InChI=1S/C19H22N4O3S/c1-11-4-3-5-15(8-11)27(25,26)23(13-9-14(24)10-13)17-7-6-16-18(12(17)2)19(20)22-21-16/h3-8,13-14,24H,9-10H2,1-2H3,(H3,20,21,22). The number of aromatic amines is 1. The van der Waals surface area contributed by atoms with Gasteiger partial charge in [0, 0.05) is 5.39 Å². The molecule has 0 saturated heterocycles. The van der Waals surface area contributed by atoms with E-state index in [4.69, 9.17) is 5.73 Å². The number of hydrogen-bond acceptors (Lipinski definition) is 5. The Morgan fingerprint density at radius 3 is 2.63 bits per heavy atom. The summed E-state index contributed by atoms with van der Waals surface area (Å²) in [6.07, 6.45) is 0.334. The maximum absolute atomic E-state index is 13.5. The smallest absolute Gasteiger partial charge is 0.264 e. The van der Waals surface area contributed by atoms with Crippen LogP contribution in [0, 0.1) is 13.8 Å². The molecule has 0 spiro atoms. The molecule has 0 bridgehead atoms. The molecule has 7 nitrogen and oxygen atoms in total. The average Bonchev–Trinajstić information content (AvgIpc) is 2.97. The van der Waals surface area contributed by atoms with E-state index in [9.17, 15) is 13.5 Å². The molecule has 1 saturated carbocycles. The topological polar surface area (TPSA) is 112 Å². The van der Waals surface area contributed by atoms with Crippen LogP contribution < -0.4 is 10.0 Å². The van der Waals surface area contributed by atoms with Crippen molar-refractivity contribution in [3.05, 3.63) is 47.5 Å². The minimum Gasteiger partial charge on any atom is -0.393 e. The van der Waals surface area contributed by atoms with Crippen molar-refractivity contribution < 1.29 is 13.5 Å². The molecule has 4 rings (SSSR count). The Bertz CT molecular complexity index is 1120. The van der Waals surface area contributed by atoms with E-state index in [2.05, 4.69) is 10.2 Å². The summed E-state index contributed by atoms with van der Waals surface area (Å²) >= 11 is 0. The van der Waals surface area contributed by atoms with Gasteiger partial charge >= 0.3 is 0 Å². The molecule has 1 aliphatic rings. The summed E-state index contributed by atoms with van der Waals surface area (Å²) in [7, 11) is -3.80. The predicted molar refractivity (Wildman–Crippen MR) is 105 cm³/mol. The van der Waals surface area contributed by atoms with Gasteiger partial charge in [0.15, 0.2) is 5.82 Å². The van der Waals surface area contributed by atoms with Gasteiger partial charge in [-0.15, -0.1) is 0 Å². The normalized spacial score (nSPS) is 19.8. The van der Waals surface area contributed by atoms with Crippen LogP contribution in [-0.2, 0) is 10.0 Å². The zero-order valence-electron chi connectivity index (χ0n) is 15.2. The minimum absolute atomic E-state index is 0.239. The highest BCUT2D eigenvalue weighted by Crippen LogP contribution is 2.39. The highest BCUT2D eigenvalue weighted by atomic mass is 32.2. The molecule has 0 radical (unpaired) electrons. The summed E-state index contributed by atoms with van der Waals surface area (Å²) < 4.78 is 28.5. The fraction of sp³-hybridized carbons (Fsp3) is 0.316. The Balaban J connectivity index is 1.90. The Morgan fingerprint density at radius 2 is 1.96 bits per heavy atom. The maximum Gasteiger partial charge on any atom is 0.264 e. The number of nitrogens with two attached hydrogens (primary N) is 1. The largest absolute Gasteiger partial charge is 0.393 e. The molecule has 3 aromatic rings. The van der Waals surface area contributed by atoms with E-state index in [0.717, 1.165) is 22.0 Å². The summed E-state index contributed by atoms with van der Waals surface area (Å²) in [5, 5.41) is 17.4. The lowest BCUT2D eigenvalue weighted by molar-refractivity contribution is 0.0786. The van der Waals surface area contributed by atoms with Gasteiger partial charge in [0.25, 0.3) is 10.0 Å². The number of aryl methyl sites for hydroxylation is 2. The van der Waals surface area contributed by atoms with E-state index in [1.807, 2.05) is 19.9 Å². The molecular formula is C19H22N4O3S. The predicted octanol–water partition coefficient (Wildman–Crippen LogP) is 2.48. The van der Waals surface area contributed by atoms with Gasteiger partial charge in [-0.3, -0.25) is 9.40 Å². The highest BCUT2D eigenvalue weighted by molar-refractivity contribution is 7.92. The molecule has 0 aliphatic heterocycles. The van der Waals surface area contributed by atoms with Crippen LogP contribution in [0.1, 0.15) is 24.0 Å². The molecule has 2 aromatic carbocycles. The Morgan fingerprint density at radius 1 is 1.22 bits per heavy atom. The number of rotatable bonds is 4. The second-order valence-corrected chi connectivity index (χ2v) is 8.95. The molecule has 1 aliphatic carbocycles. The minimum atomic E-state index is -3.80. The van der Waals surface area contributed by atoms with Crippen molar-refractivity contribution in [1.82, 2.24) is 10.2 Å². The van der Waals surface area contributed by atoms with Crippen molar-refractivity contribution in [3.8, 4) is 0 Å². The Labute approximate surface area is 157 Å². The number of fused-ring (bicyclic) bond motifs is 1. The summed E-state index contributed by atoms with van der Waals surface area (Å²) in [4.78, 5) is 0.239. The molecule has 1 heterocycles. The number of nitrogen functional groups attached to an aromatic ring is 1. The molecule has 8 heteroatoms. The van der Waals surface area contributed by atoms with Crippen LogP contribution in [0.5, 0.6) is 0 Å². The second-order valence-electron chi connectivity index (χ2n) is 7.14. The number of anilines is 2. The van der Waals surface area contributed by atoms with Gasteiger partial charge in [0.2, 0.25) is 0 Å². The van der Waals surface area contributed by atoms with Gasteiger partial charge in [0.1, 0.15) is 0 Å². The molecule has 0 atom stereocenters. The maximum atomic E-state index is 13.5. The second kappa shape index (κ2) is 6.24. The first kappa shape index (κ1) is 17.8. The Hall–Kier alpha value is -2.58. The first-order chi connectivity index (χ1) is 12.8. The fourth-order valence-corrected chi connectivity index (χ4v) is 5.54. The average molecular weight is 386 g/mol. The first-order valence-corrected chi connectivity index (χ1v) is 10.3. The van der Waals surface area contributed by atoms with Crippen LogP contribution in [0.15, 0.2) is 41.3 Å². The van der Waals surface area contributed by atoms with Crippen LogP contribution in [0.3, 0.4) is 0 Å². The number of nitrogens with one attached hydrogen (secondary N) is 1. The number of aliphatic hydroxyl groups excluding tert-OH is 1. The van der Waals surface area contributed by atoms with Crippen molar-refractivity contribution in [3.63, 3.8) is 0 Å². The number of sulfonamides is 1. The summed E-state index contributed by atoms with van der Waals surface area (Å²) in [5.41, 5.74) is 8.92. The van der Waals surface area contributed by atoms with Crippen molar-refractivity contribution in [2.24, 2.45) is 0 Å². The lowest BCUT2D eigenvalue weighted by Crippen LogP contribution is -2.50. The number of aromatic nitrogens is 2. The third-order valence-electron chi connectivity index (χ3n) is 5.19. The van der Waals surface area contributed by atoms with Crippen LogP contribution in [-0.4, -0.2) is 35.9 Å². The number of nitrogens with zero attached hydrogens (tertiary/aromatic N) is 2. The van der Waals surface area contributed by atoms with Gasteiger partial charge < -0.3 is 10.8 Å². The van der Waals surface area contributed by atoms with Gasteiger partial charge in [-0.1, -0.05) is 12.1 Å². The van der Waals surface area contributed by atoms with Crippen molar-refractivity contribution >= 4 is 32.4 Å². The molecule has 0 amide bonds. The molecule has 1 aromatic heterocycles. The van der Waals surface area contributed by atoms with Crippen molar-refractivity contribution in [2.45, 2.75) is 43.7 Å². The number of aliphatic hydroxyl groups is 1. The van der Waals surface area contributed by atoms with Gasteiger partial charge in [-0.05, 0) is 62.1 Å². The molecule has 27 heavy (non-hydrogen) atoms. The SMILES string of the molecule is Cc1cccc(S(=O)(=O)N(c2ccc3[nH]nc(N)c3c2C)C2CC(O)C2)c1. The van der Waals surface area contributed by atoms with Crippen molar-refractivity contribution in [2.75, 3.05) is 10.0 Å². The van der Waals surface area contributed by atoms with E-state index >= 15 is 0 Å². The lowest BCUT2D eigenvalue weighted by atomic mass is 9.89. The Kier molecular flexibility index (Phi) is 4.12. The fourth-order valence-electron chi connectivity index (χ4n) is 3.70. The third-order valence-corrected chi connectivity index (χ3v) is 7.06. The van der Waals surface area contributed by atoms with E-state index in [0.29, 0.717) is 24.3 Å². The quantitative estimate of drug-likeness (QED) is 0.638. The van der Waals surface area contributed by atoms with Crippen LogP contribution in [0.4, 0.5) is 11.5 Å². The highest BCUT2D eigenvalue weighted by Gasteiger charge is 2.40. The third kappa shape index (κ3) is 2.85. The van der Waals surface area contributed by atoms with Crippen LogP contribution >= 0.6 is 0 Å². The van der Waals surface area contributed by atoms with Crippen molar-refractivity contribution in [1.29, 1.82) is 0 Å². The van der Waals surface area contributed by atoms with E-state index in [1.165, 1.54) is 4.31 Å². The molecule has 0 unspecified atom stereocenters. The van der Waals surface area contributed by atoms with Gasteiger partial charge in [0.05, 0.1) is 28.2 Å². The molecule has 4 N–H and O–H groups in total. The van der Waals surface area contributed by atoms with E-state index in [-0.39, 0.29) is 10.9 Å². The molecular weight excluding hydrogens is 364 g/mol. The van der Waals surface area contributed by atoms with E-state index < -0.39 is 16.1 Å². The van der Waals surface area contributed by atoms with Crippen LogP contribution in [0.25, 0.3) is 10.9 Å². The lowest BCUT2D eigenvalue weighted by Gasteiger charge is -2.41. The van der Waals surface area contributed by atoms with E-state index in [1.54, 1.807) is 30.3 Å².